The van der Waals surface area contributed by atoms with Gasteiger partial charge in [0.1, 0.15) is 11.0 Å². The number of carboxylic acids is 1. The quantitative estimate of drug-likeness (QED) is 0.440. The minimum atomic E-state index is -1.11. The van der Waals surface area contributed by atoms with Gasteiger partial charge in [0, 0.05) is 6.20 Å². The first kappa shape index (κ1) is 19.4. The topological polar surface area (TPSA) is 119 Å². The van der Waals surface area contributed by atoms with Gasteiger partial charge < -0.3 is 10.2 Å². The maximum absolute atomic E-state index is 11.1. The van der Waals surface area contributed by atoms with Gasteiger partial charge in [0.2, 0.25) is 5.88 Å². The third kappa shape index (κ3) is 3.35. The highest BCUT2D eigenvalue weighted by atomic mass is 16.4. The molecule has 9 nitrogen and oxygen atoms in total. The molecule has 158 valence electrons. The van der Waals surface area contributed by atoms with Crippen LogP contribution in [0.2, 0.25) is 0 Å². The van der Waals surface area contributed by atoms with Gasteiger partial charge in [-0.3, -0.25) is 4.68 Å². The van der Waals surface area contributed by atoms with E-state index in [9.17, 15) is 9.90 Å². The second kappa shape index (κ2) is 7.62. The molecule has 0 aliphatic rings. The number of nitrogens with zero attached hydrogens (tertiary/aromatic N) is 6. The molecule has 0 aliphatic carbocycles. The average molecular weight is 426 g/mol. The van der Waals surface area contributed by atoms with Crippen LogP contribution < -0.4 is 0 Å². The van der Waals surface area contributed by atoms with Gasteiger partial charge in [-0.05, 0) is 29.7 Å². The van der Waals surface area contributed by atoms with E-state index in [0.717, 1.165) is 16.7 Å². The molecule has 0 bridgehead atoms. The highest BCUT2D eigenvalue weighted by Crippen LogP contribution is 2.30. The first-order valence-electron chi connectivity index (χ1n) is 9.89. The minimum Gasteiger partial charge on any atom is -0.492 e. The van der Waals surface area contributed by atoms with Gasteiger partial charge in [-0.2, -0.15) is 15.2 Å². The number of fused-ring (bicyclic) bond motifs is 1. The van der Waals surface area contributed by atoms with Crippen molar-refractivity contribution in [3.63, 3.8) is 0 Å². The molecular weight excluding hydrogens is 408 g/mol. The van der Waals surface area contributed by atoms with E-state index >= 15 is 0 Å². The van der Waals surface area contributed by atoms with Crippen molar-refractivity contribution in [1.82, 2.24) is 29.5 Å². The molecule has 0 fully saturated rings. The zero-order valence-electron chi connectivity index (χ0n) is 17.0. The summed E-state index contributed by atoms with van der Waals surface area (Å²) in [5.74, 6) is -1.32. The molecule has 0 saturated carbocycles. The van der Waals surface area contributed by atoms with E-state index in [4.69, 9.17) is 5.11 Å². The van der Waals surface area contributed by atoms with Gasteiger partial charge in [-0.1, -0.05) is 48.5 Å². The maximum atomic E-state index is 11.1. The molecule has 5 rings (SSSR count). The summed E-state index contributed by atoms with van der Waals surface area (Å²) in [6.45, 7) is 1.98. The number of rotatable bonds is 5. The fourth-order valence-electron chi connectivity index (χ4n) is 3.62. The Kier molecular flexibility index (Phi) is 4.63. The largest absolute Gasteiger partial charge is 0.492 e. The fraction of sp³-hybridized carbons (Fsp3) is 0.0870. The van der Waals surface area contributed by atoms with Gasteiger partial charge >= 0.3 is 5.97 Å². The summed E-state index contributed by atoms with van der Waals surface area (Å²) in [4.78, 5) is 19.6. The van der Waals surface area contributed by atoms with Crippen molar-refractivity contribution in [2.75, 3.05) is 0 Å². The molecule has 0 radical (unpaired) electrons. The number of hydrogen-bond acceptors (Lipinski definition) is 6. The lowest BCUT2D eigenvalue weighted by Gasteiger charge is -2.15. The van der Waals surface area contributed by atoms with Crippen LogP contribution in [0.1, 0.15) is 28.9 Å². The lowest BCUT2D eigenvalue weighted by atomic mass is 10.0. The van der Waals surface area contributed by atoms with Crippen molar-refractivity contribution < 1.29 is 15.0 Å². The van der Waals surface area contributed by atoms with E-state index in [1.165, 1.54) is 17.1 Å². The number of carboxylic acid groups (broad SMARTS) is 1. The normalized spacial score (nSPS) is 12.2. The molecule has 0 saturated heterocycles. The number of aromatic hydroxyl groups is 1. The predicted octanol–water partition coefficient (Wildman–Crippen LogP) is 3.69. The molecular formula is C23H18N6O3. The van der Waals surface area contributed by atoms with Crippen LogP contribution in [0.5, 0.6) is 5.88 Å². The van der Waals surface area contributed by atoms with Gasteiger partial charge in [0.05, 0.1) is 24.0 Å². The van der Waals surface area contributed by atoms with Crippen molar-refractivity contribution in [3.05, 3.63) is 84.3 Å². The monoisotopic (exact) mass is 426 g/mol. The van der Waals surface area contributed by atoms with Crippen LogP contribution in [0.3, 0.4) is 0 Å². The summed E-state index contributed by atoms with van der Waals surface area (Å²) in [7, 11) is 0. The minimum absolute atomic E-state index is 0.00389. The first-order valence-corrected chi connectivity index (χ1v) is 9.89. The summed E-state index contributed by atoms with van der Waals surface area (Å²) in [5.41, 5.74) is 4.02. The maximum Gasteiger partial charge on any atom is 0.338 e. The molecule has 2 aromatic carbocycles. The molecule has 32 heavy (non-hydrogen) atoms. The molecule has 0 unspecified atom stereocenters. The SMILES string of the molecule is C[C@@H](c1cccc(-c2ccccc2)c1)n1ncc2nc(-n3cc(C(=O)O)cn3)nc(O)c21. The summed E-state index contributed by atoms with van der Waals surface area (Å²) < 4.78 is 2.87. The predicted molar refractivity (Wildman–Crippen MR) is 117 cm³/mol. The summed E-state index contributed by atoms with van der Waals surface area (Å²) in [6, 6.07) is 18.0. The Morgan fingerprint density at radius 1 is 0.969 bits per heavy atom. The highest BCUT2D eigenvalue weighted by Gasteiger charge is 2.19. The summed E-state index contributed by atoms with van der Waals surface area (Å²) >= 11 is 0. The number of benzene rings is 2. The average Bonchev–Trinajstić information content (AvgIpc) is 3.47. The van der Waals surface area contributed by atoms with E-state index in [-0.39, 0.29) is 23.4 Å². The second-order valence-corrected chi connectivity index (χ2v) is 7.32. The second-order valence-electron chi connectivity index (χ2n) is 7.32. The standard InChI is InChI=1S/C23H18N6O3/c1-14(16-8-5-9-17(10-16)15-6-3-2-4-7-15)29-20-19(12-25-29)26-23(27-21(20)30)28-13-18(11-24-28)22(31)32/h2-14H,1H3,(H,31,32)(H,26,27,30)/t14-/m0/s1. The lowest BCUT2D eigenvalue weighted by molar-refractivity contribution is 0.0697. The Morgan fingerprint density at radius 3 is 2.50 bits per heavy atom. The van der Waals surface area contributed by atoms with Crippen molar-refractivity contribution in [2.45, 2.75) is 13.0 Å². The van der Waals surface area contributed by atoms with Gasteiger partial charge in [0.25, 0.3) is 5.95 Å². The van der Waals surface area contributed by atoms with E-state index < -0.39 is 5.97 Å². The van der Waals surface area contributed by atoms with Gasteiger partial charge in [-0.15, -0.1) is 0 Å². The highest BCUT2D eigenvalue weighted by molar-refractivity contribution is 5.87. The molecule has 0 spiro atoms. The van der Waals surface area contributed by atoms with E-state index in [2.05, 4.69) is 44.4 Å². The fourth-order valence-corrected chi connectivity index (χ4v) is 3.62. The molecule has 2 N–H and O–H groups in total. The molecule has 5 aromatic rings. The van der Waals surface area contributed by atoms with Gasteiger partial charge in [-0.25, -0.2) is 14.5 Å². The van der Waals surface area contributed by atoms with Gasteiger partial charge in [0.15, 0.2) is 0 Å². The Hall–Kier alpha value is -4.53. The van der Waals surface area contributed by atoms with Crippen molar-refractivity contribution in [2.24, 2.45) is 0 Å². The molecule has 0 aliphatic heterocycles. The Morgan fingerprint density at radius 2 is 1.75 bits per heavy atom. The third-order valence-electron chi connectivity index (χ3n) is 5.29. The first-order chi connectivity index (χ1) is 15.5. The van der Waals surface area contributed by atoms with E-state index in [1.54, 1.807) is 10.9 Å². The van der Waals surface area contributed by atoms with Crippen LogP contribution in [-0.2, 0) is 0 Å². The number of carbonyl (C=O) groups is 1. The molecule has 3 aromatic heterocycles. The van der Waals surface area contributed by atoms with Crippen molar-refractivity contribution >= 4 is 17.0 Å². The Labute approximate surface area is 182 Å². The molecule has 9 heteroatoms. The molecule has 0 amide bonds. The van der Waals surface area contributed by atoms with Crippen LogP contribution in [0.4, 0.5) is 0 Å². The number of aromatic carboxylic acids is 1. The van der Waals surface area contributed by atoms with Crippen LogP contribution >= 0.6 is 0 Å². The zero-order valence-corrected chi connectivity index (χ0v) is 17.0. The number of aromatic nitrogens is 6. The van der Waals surface area contributed by atoms with E-state index in [0.29, 0.717) is 11.0 Å². The summed E-state index contributed by atoms with van der Waals surface area (Å²) in [6.07, 6.45) is 4.02. The van der Waals surface area contributed by atoms with Crippen LogP contribution in [0, 0.1) is 0 Å². The zero-order chi connectivity index (χ0) is 22.2. The van der Waals surface area contributed by atoms with Crippen LogP contribution in [0.25, 0.3) is 28.1 Å². The van der Waals surface area contributed by atoms with Crippen LogP contribution in [-0.4, -0.2) is 45.7 Å². The molecule has 1 atom stereocenters. The molecule has 3 heterocycles. The smallest absolute Gasteiger partial charge is 0.338 e. The van der Waals surface area contributed by atoms with E-state index in [1.807, 2.05) is 37.3 Å². The van der Waals surface area contributed by atoms with Crippen LogP contribution in [0.15, 0.2) is 73.2 Å². The lowest BCUT2D eigenvalue weighted by Crippen LogP contribution is -2.09. The Bertz CT molecular complexity index is 1440. The van der Waals surface area contributed by atoms with Crippen molar-refractivity contribution in [1.29, 1.82) is 0 Å². The summed E-state index contributed by atoms with van der Waals surface area (Å²) in [5, 5.41) is 28.1. The van der Waals surface area contributed by atoms with Crippen molar-refractivity contribution in [3.8, 4) is 23.0 Å². The Balaban J connectivity index is 1.53. The number of hydrogen-bond donors (Lipinski definition) is 2. The third-order valence-corrected chi connectivity index (χ3v) is 5.29.